The molecule has 0 aromatic heterocycles. The minimum absolute atomic E-state index is 0.521. The van der Waals surface area contributed by atoms with Gasteiger partial charge < -0.3 is 5.32 Å². The molecular formula is C10H14N2. The lowest BCUT2D eigenvalue weighted by Crippen LogP contribution is -2.29. The first kappa shape index (κ1) is 7.82. The van der Waals surface area contributed by atoms with Crippen LogP contribution in [-0.4, -0.2) is 17.8 Å². The second kappa shape index (κ2) is 2.91. The predicted molar refractivity (Wildman–Crippen MR) is 50.0 cm³/mol. The van der Waals surface area contributed by atoms with Crippen molar-refractivity contribution in [2.75, 3.05) is 0 Å². The van der Waals surface area contributed by atoms with Crippen molar-refractivity contribution in [2.45, 2.75) is 38.8 Å². The SMILES string of the molecule is CC1CCC#CN=C2C(C)C2N1. The van der Waals surface area contributed by atoms with Crippen LogP contribution in [-0.2, 0) is 0 Å². The van der Waals surface area contributed by atoms with E-state index < -0.39 is 0 Å². The van der Waals surface area contributed by atoms with E-state index in [1.54, 1.807) is 0 Å². The molecule has 1 N–H and O–H groups in total. The summed E-state index contributed by atoms with van der Waals surface area (Å²) in [5.74, 6) is 3.67. The van der Waals surface area contributed by atoms with Gasteiger partial charge in [-0.2, -0.15) is 0 Å². The molecular weight excluding hydrogens is 148 g/mol. The van der Waals surface area contributed by atoms with E-state index in [4.69, 9.17) is 0 Å². The summed E-state index contributed by atoms with van der Waals surface area (Å²) in [6, 6.07) is 3.97. The van der Waals surface area contributed by atoms with Crippen molar-refractivity contribution < 1.29 is 0 Å². The molecule has 2 aliphatic rings. The van der Waals surface area contributed by atoms with Crippen LogP contribution in [0.2, 0.25) is 0 Å². The summed E-state index contributed by atoms with van der Waals surface area (Å²) < 4.78 is 0. The molecule has 0 aromatic rings. The lowest BCUT2D eigenvalue weighted by molar-refractivity contribution is 0.511. The Labute approximate surface area is 73.5 Å². The zero-order valence-electron chi connectivity index (χ0n) is 7.59. The zero-order valence-corrected chi connectivity index (χ0v) is 7.59. The fourth-order valence-corrected chi connectivity index (χ4v) is 1.62. The van der Waals surface area contributed by atoms with Crippen LogP contribution in [0.15, 0.2) is 4.99 Å². The van der Waals surface area contributed by atoms with Gasteiger partial charge in [0.25, 0.3) is 0 Å². The first-order valence-electron chi connectivity index (χ1n) is 4.60. The summed E-state index contributed by atoms with van der Waals surface area (Å²) in [6.07, 6.45) is 2.10. The van der Waals surface area contributed by atoms with E-state index in [0.29, 0.717) is 18.0 Å². The van der Waals surface area contributed by atoms with Crippen molar-refractivity contribution in [1.82, 2.24) is 5.32 Å². The van der Waals surface area contributed by atoms with Crippen LogP contribution in [0.3, 0.4) is 0 Å². The highest BCUT2D eigenvalue weighted by molar-refractivity contribution is 6.07. The maximum Gasteiger partial charge on any atom is 0.0548 e. The van der Waals surface area contributed by atoms with E-state index in [-0.39, 0.29) is 0 Å². The molecule has 1 fully saturated rings. The van der Waals surface area contributed by atoms with Gasteiger partial charge in [-0.1, -0.05) is 12.8 Å². The molecule has 0 radical (unpaired) electrons. The Kier molecular flexibility index (Phi) is 1.90. The lowest BCUT2D eigenvalue weighted by Gasteiger charge is -2.10. The lowest BCUT2D eigenvalue weighted by atomic mass is 10.2. The van der Waals surface area contributed by atoms with Crippen LogP contribution < -0.4 is 5.32 Å². The van der Waals surface area contributed by atoms with Gasteiger partial charge in [0.1, 0.15) is 0 Å². The summed E-state index contributed by atoms with van der Waals surface area (Å²) in [6.45, 7) is 4.42. The number of fused-ring (bicyclic) bond motifs is 1. The third-order valence-electron chi connectivity index (χ3n) is 2.61. The topological polar surface area (TPSA) is 24.4 Å². The Hall–Kier alpha value is -0.810. The van der Waals surface area contributed by atoms with Crippen LogP contribution in [0, 0.1) is 17.9 Å². The highest BCUT2D eigenvalue weighted by Gasteiger charge is 2.42. The average molecular weight is 162 g/mol. The number of hydrogen-bond donors (Lipinski definition) is 1. The van der Waals surface area contributed by atoms with Gasteiger partial charge in [0, 0.05) is 24.4 Å². The summed E-state index contributed by atoms with van der Waals surface area (Å²) in [4.78, 5) is 4.23. The van der Waals surface area contributed by atoms with Gasteiger partial charge in [0.05, 0.1) is 11.8 Å². The molecule has 1 aliphatic heterocycles. The number of aliphatic imine (C=N–C) groups is 1. The Bertz CT molecular complexity index is 269. The Balaban J connectivity index is 2.12. The largest absolute Gasteiger partial charge is 0.306 e. The molecule has 3 unspecified atom stereocenters. The smallest absolute Gasteiger partial charge is 0.0548 e. The minimum atomic E-state index is 0.521. The van der Waals surface area contributed by atoms with Crippen molar-refractivity contribution in [3.05, 3.63) is 0 Å². The second-order valence-corrected chi connectivity index (χ2v) is 3.70. The van der Waals surface area contributed by atoms with Gasteiger partial charge in [0.15, 0.2) is 0 Å². The molecule has 2 nitrogen and oxygen atoms in total. The minimum Gasteiger partial charge on any atom is -0.306 e. The van der Waals surface area contributed by atoms with E-state index in [0.717, 1.165) is 12.8 Å². The number of hydrogen-bond acceptors (Lipinski definition) is 2. The fourth-order valence-electron chi connectivity index (χ4n) is 1.62. The Morgan fingerprint density at radius 2 is 2.33 bits per heavy atom. The molecule has 0 amide bonds. The monoisotopic (exact) mass is 162 g/mol. The molecule has 1 heterocycles. The van der Waals surface area contributed by atoms with Gasteiger partial charge in [0.2, 0.25) is 0 Å². The molecule has 0 spiro atoms. The molecule has 1 aliphatic carbocycles. The molecule has 0 saturated heterocycles. The van der Waals surface area contributed by atoms with Gasteiger partial charge >= 0.3 is 0 Å². The standard InChI is InChI=1S/C10H14N2/c1-7-5-3-4-6-11-9-8(2)10(9)12-7/h7-8,10,12H,3,5H2,1-2H3. The Morgan fingerprint density at radius 3 is 3.17 bits per heavy atom. The van der Waals surface area contributed by atoms with Crippen molar-refractivity contribution in [3.63, 3.8) is 0 Å². The van der Waals surface area contributed by atoms with Crippen molar-refractivity contribution in [2.24, 2.45) is 10.9 Å². The van der Waals surface area contributed by atoms with Gasteiger partial charge in [-0.05, 0) is 13.3 Å². The predicted octanol–water partition coefficient (Wildman–Crippen LogP) is 1.18. The molecule has 1 saturated carbocycles. The van der Waals surface area contributed by atoms with E-state index >= 15 is 0 Å². The zero-order chi connectivity index (χ0) is 8.55. The maximum absolute atomic E-state index is 4.23. The van der Waals surface area contributed by atoms with Crippen LogP contribution in [0.4, 0.5) is 0 Å². The van der Waals surface area contributed by atoms with Crippen molar-refractivity contribution in [3.8, 4) is 12.0 Å². The fraction of sp³-hybridized carbons (Fsp3) is 0.700. The molecule has 0 bridgehead atoms. The molecule has 64 valence electrons. The number of nitrogens with one attached hydrogen (secondary N) is 1. The Morgan fingerprint density at radius 1 is 1.50 bits per heavy atom. The quantitative estimate of drug-likeness (QED) is 0.531. The molecule has 3 atom stereocenters. The van der Waals surface area contributed by atoms with Gasteiger partial charge in [-0.15, -0.1) is 0 Å². The van der Waals surface area contributed by atoms with Crippen LogP contribution in [0.1, 0.15) is 26.7 Å². The molecule has 12 heavy (non-hydrogen) atoms. The summed E-state index contributed by atoms with van der Waals surface area (Å²) >= 11 is 0. The first-order valence-corrected chi connectivity index (χ1v) is 4.60. The van der Waals surface area contributed by atoms with Crippen LogP contribution in [0.25, 0.3) is 0 Å². The van der Waals surface area contributed by atoms with E-state index in [9.17, 15) is 0 Å². The first-order chi connectivity index (χ1) is 5.79. The third kappa shape index (κ3) is 1.37. The van der Waals surface area contributed by atoms with Gasteiger partial charge in [-0.3, -0.25) is 0 Å². The summed E-state index contributed by atoms with van der Waals surface area (Å²) in [5.41, 5.74) is 1.25. The van der Waals surface area contributed by atoms with E-state index in [2.05, 4.69) is 36.1 Å². The van der Waals surface area contributed by atoms with Crippen LogP contribution in [0.5, 0.6) is 0 Å². The highest BCUT2D eigenvalue weighted by Crippen LogP contribution is 2.27. The summed E-state index contributed by atoms with van der Waals surface area (Å²) in [7, 11) is 0. The molecule has 0 aromatic carbocycles. The van der Waals surface area contributed by atoms with Crippen molar-refractivity contribution >= 4 is 5.71 Å². The second-order valence-electron chi connectivity index (χ2n) is 3.70. The third-order valence-corrected chi connectivity index (χ3v) is 2.61. The van der Waals surface area contributed by atoms with E-state index in [1.165, 1.54) is 5.71 Å². The van der Waals surface area contributed by atoms with Crippen molar-refractivity contribution in [1.29, 1.82) is 0 Å². The molecule has 2 rings (SSSR count). The normalized spacial score (nSPS) is 39.2. The number of rotatable bonds is 0. The molecule has 2 heteroatoms. The van der Waals surface area contributed by atoms with Crippen LogP contribution >= 0.6 is 0 Å². The summed E-state index contributed by atoms with van der Waals surface area (Å²) in [5, 5.41) is 3.53. The van der Waals surface area contributed by atoms with Gasteiger partial charge in [-0.25, -0.2) is 4.99 Å². The average Bonchev–Trinajstić information content (AvgIpc) is 2.64. The maximum atomic E-state index is 4.23. The number of nitrogens with zero attached hydrogens (tertiary/aromatic N) is 1. The highest BCUT2D eigenvalue weighted by atomic mass is 15.0. The van der Waals surface area contributed by atoms with E-state index in [1.807, 2.05) is 0 Å².